The summed E-state index contributed by atoms with van der Waals surface area (Å²) in [7, 11) is 3.63. The number of rotatable bonds is 9. The molecule has 1 atom stereocenters. The molecule has 1 unspecified atom stereocenters. The molecule has 0 spiro atoms. The van der Waals surface area contributed by atoms with Gasteiger partial charge in [-0.25, -0.2) is 0 Å². The monoisotopic (exact) mass is 232 g/mol. The van der Waals surface area contributed by atoms with E-state index < -0.39 is 0 Å². The van der Waals surface area contributed by atoms with Crippen molar-refractivity contribution in [2.75, 3.05) is 47.0 Å². The Morgan fingerprint density at radius 2 is 2.12 bits per heavy atom. The van der Waals surface area contributed by atoms with Crippen LogP contribution in [0, 0.1) is 0 Å². The lowest BCUT2D eigenvalue weighted by atomic mass is 10.2. The van der Waals surface area contributed by atoms with Crippen LogP contribution in [0.25, 0.3) is 0 Å². The summed E-state index contributed by atoms with van der Waals surface area (Å²) in [4.78, 5) is 13.6. The summed E-state index contributed by atoms with van der Waals surface area (Å²) in [5.41, 5.74) is 0. The number of hydrogen-bond acceptors (Lipinski definition) is 5. The Hall–Kier alpha value is -0.650. The molecule has 0 aromatic heterocycles. The number of ether oxygens (including phenoxy) is 2. The van der Waals surface area contributed by atoms with E-state index >= 15 is 0 Å². The third-order valence-corrected chi connectivity index (χ3v) is 2.19. The summed E-state index contributed by atoms with van der Waals surface area (Å²) >= 11 is 0. The molecule has 0 radical (unpaired) electrons. The van der Waals surface area contributed by atoms with Gasteiger partial charge in [-0.1, -0.05) is 6.92 Å². The maximum absolute atomic E-state index is 11.6. The standard InChI is InChI=1S/C11H24N2O3/c1-5-12-10(11(14)16-6-2)9-13(3)7-8-15-4/h10,12H,5-9H2,1-4H3. The number of nitrogens with zero attached hydrogens (tertiary/aromatic N) is 1. The molecule has 0 aromatic carbocycles. The van der Waals surface area contributed by atoms with Gasteiger partial charge in [0.2, 0.25) is 0 Å². The molecule has 0 bridgehead atoms. The predicted molar refractivity (Wildman–Crippen MR) is 63.5 cm³/mol. The van der Waals surface area contributed by atoms with E-state index in [0.29, 0.717) is 19.8 Å². The number of esters is 1. The summed E-state index contributed by atoms with van der Waals surface area (Å²) < 4.78 is 9.99. The van der Waals surface area contributed by atoms with Crippen molar-refractivity contribution in [2.45, 2.75) is 19.9 Å². The van der Waals surface area contributed by atoms with Crippen molar-refractivity contribution in [1.29, 1.82) is 0 Å². The fourth-order valence-corrected chi connectivity index (χ4v) is 1.36. The van der Waals surface area contributed by atoms with Crippen LogP contribution in [-0.4, -0.2) is 63.9 Å². The molecule has 0 saturated carbocycles. The molecule has 0 aliphatic rings. The van der Waals surface area contributed by atoms with Crippen molar-refractivity contribution in [2.24, 2.45) is 0 Å². The molecule has 1 N–H and O–H groups in total. The molecule has 0 fully saturated rings. The van der Waals surface area contributed by atoms with E-state index in [1.54, 1.807) is 7.11 Å². The Bertz CT molecular complexity index is 188. The number of nitrogens with one attached hydrogen (secondary N) is 1. The minimum absolute atomic E-state index is 0.186. The van der Waals surface area contributed by atoms with E-state index in [9.17, 15) is 4.79 Å². The smallest absolute Gasteiger partial charge is 0.324 e. The van der Waals surface area contributed by atoms with Crippen molar-refractivity contribution in [3.05, 3.63) is 0 Å². The van der Waals surface area contributed by atoms with Crippen LogP contribution < -0.4 is 5.32 Å². The lowest BCUT2D eigenvalue weighted by Gasteiger charge is -2.22. The zero-order chi connectivity index (χ0) is 12.4. The molecule has 0 heterocycles. The highest BCUT2D eigenvalue weighted by atomic mass is 16.5. The van der Waals surface area contributed by atoms with E-state index in [4.69, 9.17) is 9.47 Å². The Balaban J connectivity index is 4.04. The Morgan fingerprint density at radius 3 is 2.62 bits per heavy atom. The second kappa shape index (κ2) is 9.57. The molecule has 0 aliphatic carbocycles. The topological polar surface area (TPSA) is 50.8 Å². The molecular weight excluding hydrogens is 208 g/mol. The van der Waals surface area contributed by atoms with Gasteiger partial charge in [0.15, 0.2) is 0 Å². The van der Waals surface area contributed by atoms with Crippen molar-refractivity contribution >= 4 is 5.97 Å². The molecule has 96 valence electrons. The van der Waals surface area contributed by atoms with Gasteiger partial charge in [0.1, 0.15) is 6.04 Å². The highest BCUT2D eigenvalue weighted by molar-refractivity contribution is 5.76. The number of hydrogen-bond donors (Lipinski definition) is 1. The van der Waals surface area contributed by atoms with Gasteiger partial charge in [0.05, 0.1) is 13.2 Å². The molecule has 0 rings (SSSR count). The largest absolute Gasteiger partial charge is 0.465 e. The van der Waals surface area contributed by atoms with Gasteiger partial charge in [-0.3, -0.25) is 4.79 Å². The summed E-state index contributed by atoms with van der Waals surface area (Å²) in [5, 5.41) is 3.12. The van der Waals surface area contributed by atoms with Crippen LogP contribution in [0.4, 0.5) is 0 Å². The van der Waals surface area contributed by atoms with E-state index in [1.807, 2.05) is 25.8 Å². The average molecular weight is 232 g/mol. The van der Waals surface area contributed by atoms with E-state index in [2.05, 4.69) is 5.32 Å². The maximum atomic E-state index is 11.6. The van der Waals surface area contributed by atoms with Gasteiger partial charge in [0.25, 0.3) is 0 Å². The quantitative estimate of drug-likeness (QED) is 0.572. The molecule has 0 amide bonds. The van der Waals surface area contributed by atoms with Crippen molar-refractivity contribution < 1.29 is 14.3 Å². The second-order valence-electron chi connectivity index (χ2n) is 3.62. The Labute approximate surface area is 98.1 Å². The SMILES string of the molecule is CCNC(CN(C)CCOC)C(=O)OCC. The summed E-state index contributed by atoms with van der Waals surface area (Å²) in [6.45, 7) is 7.06. The molecule has 0 saturated heterocycles. The van der Waals surface area contributed by atoms with E-state index in [1.165, 1.54) is 0 Å². The Morgan fingerprint density at radius 1 is 1.44 bits per heavy atom. The number of carbonyl (C=O) groups excluding carboxylic acids is 1. The number of carbonyl (C=O) groups is 1. The number of methoxy groups -OCH3 is 1. The normalized spacial score (nSPS) is 12.8. The zero-order valence-corrected chi connectivity index (χ0v) is 10.8. The zero-order valence-electron chi connectivity index (χ0n) is 10.8. The second-order valence-corrected chi connectivity index (χ2v) is 3.62. The van der Waals surface area contributed by atoms with Crippen LogP contribution in [0.2, 0.25) is 0 Å². The first-order valence-electron chi connectivity index (χ1n) is 5.73. The molecule has 5 heteroatoms. The fraction of sp³-hybridized carbons (Fsp3) is 0.909. The van der Waals surface area contributed by atoms with Gasteiger partial charge in [-0.05, 0) is 20.5 Å². The third-order valence-electron chi connectivity index (χ3n) is 2.19. The molecule has 0 aromatic rings. The van der Waals surface area contributed by atoms with Crippen molar-refractivity contribution in [1.82, 2.24) is 10.2 Å². The van der Waals surface area contributed by atoms with Crippen LogP contribution in [-0.2, 0) is 14.3 Å². The van der Waals surface area contributed by atoms with Gasteiger partial charge in [-0.2, -0.15) is 0 Å². The minimum atomic E-state index is -0.258. The van der Waals surface area contributed by atoms with Crippen LogP contribution in [0.15, 0.2) is 0 Å². The Kier molecular flexibility index (Phi) is 9.18. The highest BCUT2D eigenvalue weighted by Crippen LogP contribution is 1.94. The molecule has 16 heavy (non-hydrogen) atoms. The first-order chi connectivity index (χ1) is 7.65. The fourth-order valence-electron chi connectivity index (χ4n) is 1.36. The third kappa shape index (κ3) is 6.76. The average Bonchev–Trinajstić information content (AvgIpc) is 2.26. The first kappa shape index (κ1) is 15.3. The van der Waals surface area contributed by atoms with Gasteiger partial charge < -0.3 is 19.7 Å². The maximum Gasteiger partial charge on any atom is 0.324 e. The van der Waals surface area contributed by atoms with Crippen LogP contribution in [0.1, 0.15) is 13.8 Å². The van der Waals surface area contributed by atoms with Crippen LogP contribution in [0.3, 0.4) is 0 Å². The van der Waals surface area contributed by atoms with Crippen molar-refractivity contribution in [3.8, 4) is 0 Å². The predicted octanol–water partition coefficient (Wildman–Crippen LogP) is 0.106. The minimum Gasteiger partial charge on any atom is -0.465 e. The van der Waals surface area contributed by atoms with Gasteiger partial charge in [0, 0.05) is 20.2 Å². The van der Waals surface area contributed by atoms with E-state index in [0.717, 1.165) is 13.1 Å². The summed E-state index contributed by atoms with van der Waals surface area (Å²) in [6, 6.07) is -0.258. The summed E-state index contributed by atoms with van der Waals surface area (Å²) in [5.74, 6) is -0.186. The van der Waals surface area contributed by atoms with E-state index in [-0.39, 0.29) is 12.0 Å². The highest BCUT2D eigenvalue weighted by Gasteiger charge is 2.19. The first-order valence-corrected chi connectivity index (χ1v) is 5.73. The molecule has 0 aliphatic heterocycles. The van der Waals surface area contributed by atoms with Crippen LogP contribution in [0.5, 0.6) is 0 Å². The lowest BCUT2D eigenvalue weighted by Crippen LogP contribution is -2.46. The summed E-state index contributed by atoms with van der Waals surface area (Å²) in [6.07, 6.45) is 0. The van der Waals surface area contributed by atoms with Crippen LogP contribution >= 0.6 is 0 Å². The lowest BCUT2D eigenvalue weighted by molar-refractivity contribution is -0.146. The van der Waals surface area contributed by atoms with Crippen molar-refractivity contribution in [3.63, 3.8) is 0 Å². The number of likely N-dealkylation sites (N-methyl/N-ethyl adjacent to an activating group) is 2. The molecular formula is C11H24N2O3. The molecule has 5 nitrogen and oxygen atoms in total. The van der Waals surface area contributed by atoms with Gasteiger partial charge in [-0.15, -0.1) is 0 Å². The van der Waals surface area contributed by atoms with Gasteiger partial charge >= 0.3 is 5.97 Å².